The van der Waals surface area contributed by atoms with Crippen molar-refractivity contribution in [3.05, 3.63) is 36.8 Å². The van der Waals surface area contributed by atoms with Crippen molar-refractivity contribution in [3.63, 3.8) is 0 Å². The van der Waals surface area contributed by atoms with Crippen LogP contribution in [0.2, 0.25) is 0 Å². The van der Waals surface area contributed by atoms with Gasteiger partial charge in [0, 0.05) is 23.2 Å². The number of hydrogen-bond acceptors (Lipinski definition) is 6. The molecule has 158 valence electrons. The first-order chi connectivity index (χ1) is 15.1. The van der Waals surface area contributed by atoms with Crippen molar-refractivity contribution in [3.8, 4) is 11.3 Å². The van der Waals surface area contributed by atoms with Gasteiger partial charge in [0.05, 0.1) is 18.3 Å². The summed E-state index contributed by atoms with van der Waals surface area (Å²) in [5.74, 6) is -0.864. The van der Waals surface area contributed by atoms with Gasteiger partial charge in [-0.05, 0) is 43.6 Å². The van der Waals surface area contributed by atoms with Crippen molar-refractivity contribution in [1.82, 2.24) is 29.5 Å². The maximum atomic E-state index is 13.9. The van der Waals surface area contributed by atoms with Gasteiger partial charge in [-0.2, -0.15) is 0 Å². The second-order valence-electron chi connectivity index (χ2n) is 8.47. The highest BCUT2D eigenvalue weighted by molar-refractivity contribution is 5.96. The van der Waals surface area contributed by atoms with Crippen molar-refractivity contribution in [1.29, 1.82) is 0 Å². The third-order valence-electron chi connectivity index (χ3n) is 6.84. The van der Waals surface area contributed by atoms with Crippen LogP contribution in [0.25, 0.3) is 27.8 Å². The molecule has 2 atom stereocenters. The first-order valence-corrected chi connectivity index (χ1v) is 10.4. The third-order valence-corrected chi connectivity index (χ3v) is 6.84. The predicted octanol–water partition coefficient (Wildman–Crippen LogP) is 3.11. The molecule has 3 N–H and O–H groups in total. The van der Waals surface area contributed by atoms with E-state index >= 15 is 0 Å². The molecule has 4 aromatic heterocycles. The number of aromatic amines is 1. The predicted molar refractivity (Wildman–Crippen MR) is 110 cm³/mol. The van der Waals surface area contributed by atoms with Crippen molar-refractivity contribution in [2.75, 3.05) is 5.32 Å². The number of carbonyl (C=O) groups is 1. The van der Waals surface area contributed by atoms with E-state index in [0.29, 0.717) is 33.8 Å². The Hall–Kier alpha value is -3.56. The molecule has 2 bridgehead atoms. The normalized spacial score (nSPS) is 25.3. The Morgan fingerprint density at radius 3 is 2.84 bits per heavy atom. The molecule has 4 aromatic rings. The topological polar surface area (TPSA) is 121 Å². The van der Waals surface area contributed by atoms with Gasteiger partial charge in [0.1, 0.15) is 29.0 Å². The number of nitrogens with one attached hydrogen (secondary N) is 2. The van der Waals surface area contributed by atoms with Gasteiger partial charge >= 0.3 is 5.97 Å². The van der Waals surface area contributed by atoms with Gasteiger partial charge in [-0.15, -0.1) is 5.10 Å². The number of nitrogens with zero attached hydrogens (tertiary/aromatic N) is 5. The average Bonchev–Trinajstić information content (AvgIpc) is 3.40. The standard InChI is InChI=1S/C21H20FN7O2/c22-12-5-13-14(7-25-19(13)24-6-12)18-15-8-23-9-29(15)28-21(27-18)26-17-11-3-1-10(2-4-11)16(17)20(30)31/h5-11,16-17H,1-4H2,(H,24,25)(H,26,28)(H,30,31)/t10?,11?,16-,17?/m0/s1. The number of hydrogen-bond donors (Lipinski definition) is 3. The van der Waals surface area contributed by atoms with Crippen LogP contribution in [0.15, 0.2) is 31.0 Å². The van der Waals surface area contributed by atoms with Gasteiger partial charge in [0.25, 0.3) is 0 Å². The molecule has 3 aliphatic carbocycles. The summed E-state index contributed by atoms with van der Waals surface area (Å²) >= 11 is 0. The lowest BCUT2D eigenvalue weighted by Crippen LogP contribution is -2.51. The Kier molecular flexibility index (Phi) is 3.95. The molecule has 3 aliphatic rings. The monoisotopic (exact) mass is 421 g/mol. The molecule has 1 unspecified atom stereocenters. The Labute approximate surface area is 175 Å². The van der Waals surface area contributed by atoms with Gasteiger partial charge in [0.15, 0.2) is 0 Å². The number of H-pyrrole nitrogens is 1. The fourth-order valence-electron chi connectivity index (χ4n) is 5.42. The van der Waals surface area contributed by atoms with E-state index in [1.807, 2.05) is 0 Å². The molecule has 0 spiro atoms. The van der Waals surface area contributed by atoms with Crippen molar-refractivity contribution >= 4 is 28.5 Å². The molecule has 0 radical (unpaired) electrons. The Bertz CT molecular complexity index is 1310. The molecule has 0 amide bonds. The number of fused-ring (bicyclic) bond motifs is 5. The van der Waals surface area contributed by atoms with E-state index in [0.717, 1.165) is 31.9 Å². The Morgan fingerprint density at radius 1 is 1.23 bits per heavy atom. The van der Waals surface area contributed by atoms with Gasteiger partial charge in [-0.3, -0.25) is 4.79 Å². The molecule has 7 rings (SSSR count). The van der Waals surface area contributed by atoms with E-state index in [9.17, 15) is 14.3 Å². The SMILES string of the molecule is O=C(O)[C@H]1C2CCC(CC2)C1Nc1nc(-c2c[nH]c3ncc(F)cc23)c2cncn2n1. The fraction of sp³-hybridized carbons (Fsp3) is 0.381. The van der Waals surface area contributed by atoms with E-state index < -0.39 is 17.7 Å². The van der Waals surface area contributed by atoms with Crippen LogP contribution in [0.3, 0.4) is 0 Å². The molecule has 0 aromatic carbocycles. The molecule has 9 nitrogen and oxygen atoms in total. The summed E-state index contributed by atoms with van der Waals surface area (Å²) in [5, 5.41) is 18.3. The molecule has 0 saturated heterocycles. The second-order valence-corrected chi connectivity index (χ2v) is 8.47. The number of pyridine rings is 1. The number of carboxylic acid groups (broad SMARTS) is 1. The Morgan fingerprint density at radius 2 is 2.03 bits per heavy atom. The molecular formula is C21H20FN7O2. The molecule has 31 heavy (non-hydrogen) atoms. The summed E-state index contributed by atoms with van der Waals surface area (Å²) in [4.78, 5) is 28.0. The van der Waals surface area contributed by atoms with E-state index in [1.54, 1.807) is 23.2 Å². The van der Waals surface area contributed by atoms with Crippen molar-refractivity contribution in [2.24, 2.45) is 17.8 Å². The van der Waals surface area contributed by atoms with Crippen LogP contribution in [0.1, 0.15) is 25.7 Å². The molecular weight excluding hydrogens is 401 g/mol. The smallest absolute Gasteiger partial charge is 0.308 e. The lowest BCUT2D eigenvalue weighted by molar-refractivity contribution is -0.148. The number of aliphatic carboxylic acids is 1. The van der Waals surface area contributed by atoms with E-state index in [-0.39, 0.29) is 17.9 Å². The van der Waals surface area contributed by atoms with E-state index in [2.05, 4.69) is 25.4 Å². The Balaban J connectivity index is 1.45. The van der Waals surface area contributed by atoms with Gasteiger partial charge in [0.2, 0.25) is 5.95 Å². The van der Waals surface area contributed by atoms with E-state index in [4.69, 9.17) is 4.98 Å². The minimum Gasteiger partial charge on any atom is -0.481 e. The maximum absolute atomic E-state index is 13.9. The van der Waals surface area contributed by atoms with Crippen LogP contribution < -0.4 is 5.32 Å². The summed E-state index contributed by atoms with van der Waals surface area (Å²) in [5.41, 5.74) is 2.47. The summed E-state index contributed by atoms with van der Waals surface area (Å²) in [6.07, 6.45) is 10.1. The number of halogens is 1. The van der Waals surface area contributed by atoms with Crippen LogP contribution in [0, 0.1) is 23.6 Å². The number of anilines is 1. The van der Waals surface area contributed by atoms with Crippen LogP contribution in [-0.2, 0) is 4.79 Å². The molecule has 3 fully saturated rings. The number of carboxylic acids is 1. The highest BCUT2D eigenvalue weighted by atomic mass is 19.1. The highest BCUT2D eigenvalue weighted by Gasteiger charge is 2.47. The number of imidazole rings is 1. The molecule has 3 saturated carbocycles. The number of aromatic nitrogens is 6. The fourth-order valence-corrected chi connectivity index (χ4v) is 5.42. The second kappa shape index (κ2) is 6.73. The zero-order valence-electron chi connectivity index (χ0n) is 16.5. The van der Waals surface area contributed by atoms with Crippen molar-refractivity contribution < 1.29 is 14.3 Å². The minimum absolute atomic E-state index is 0.180. The van der Waals surface area contributed by atoms with Crippen LogP contribution in [0.5, 0.6) is 0 Å². The largest absolute Gasteiger partial charge is 0.481 e. The average molecular weight is 421 g/mol. The van der Waals surface area contributed by atoms with Crippen LogP contribution in [0.4, 0.5) is 10.3 Å². The lowest BCUT2D eigenvalue weighted by atomic mass is 9.61. The van der Waals surface area contributed by atoms with Gasteiger partial charge < -0.3 is 15.4 Å². The summed E-state index contributed by atoms with van der Waals surface area (Å²) < 4.78 is 15.5. The number of rotatable bonds is 4. The summed E-state index contributed by atoms with van der Waals surface area (Å²) in [7, 11) is 0. The first kappa shape index (κ1) is 18.2. The van der Waals surface area contributed by atoms with Crippen LogP contribution in [-0.4, -0.2) is 46.7 Å². The van der Waals surface area contributed by atoms with Gasteiger partial charge in [-0.1, -0.05) is 0 Å². The highest BCUT2D eigenvalue weighted by Crippen LogP contribution is 2.46. The van der Waals surface area contributed by atoms with Crippen LogP contribution >= 0.6 is 0 Å². The quantitative estimate of drug-likeness (QED) is 0.463. The molecule has 10 heteroatoms. The third kappa shape index (κ3) is 2.85. The first-order valence-electron chi connectivity index (χ1n) is 10.4. The zero-order valence-corrected chi connectivity index (χ0v) is 16.5. The van der Waals surface area contributed by atoms with Gasteiger partial charge in [-0.25, -0.2) is 23.9 Å². The minimum atomic E-state index is -0.769. The summed E-state index contributed by atoms with van der Waals surface area (Å²) in [6, 6.07) is 1.19. The maximum Gasteiger partial charge on any atom is 0.308 e. The lowest BCUT2D eigenvalue weighted by Gasteiger charge is -2.46. The van der Waals surface area contributed by atoms with Crippen molar-refractivity contribution in [2.45, 2.75) is 31.7 Å². The zero-order chi connectivity index (χ0) is 21.1. The van der Waals surface area contributed by atoms with E-state index in [1.165, 1.54) is 6.07 Å². The molecule has 4 heterocycles. The molecule has 0 aliphatic heterocycles. The summed E-state index contributed by atoms with van der Waals surface area (Å²) in [6.45, 7) is 0.